The van der Waals surface area contributed by atoms with Gasteiger partial charge >= 0.3 is 0 Å². The van der Waals surface area contributed by atoms with Crippen molar-refractivity contribution in [3.8, 4) is 0 Å². The van der Waals surface area contributed by atoms with Gasteiger partial charge in [0.15, 0.2) is 0 Å². The van der Waals surface area contributed by atoms with Gasteiger partial charge in [0.25, 0.3) is 0 Å². The highest BCUT2D eigenvalue weighted by molar-refractivity contribution is 9.10. The molecule has 0 aromatic heterocycles. The summed E-state index contributed by atoms with van der Waals surface area (Å²) in [6.07, 6.45) is 0. The number of hydrogen-bond donors (Lipinski definition) is 0. The average Bonchev–Trinajstić information content (AvgIpc) is 2.49. The molecule has 0 aliphatic carbocycles. The van der Waals surface area contributed by atoms with E-state index in [0.717, 1.165) is 15.6 Å². The second kappa shape index (κ2) is 6.00. The van der Waals surface area contributed by atoms with Crippen LogP contribution in [0.15, 0.2) is 59.1 Å². The standard InChI is InChI=1S/C18H13BrCl2/c1-11-9-10-12-5-2-3-6-13(12)16(11)18(21)14-7-4-8-15(19)17(14)20/h2-10,18H,1H3. The molecule has 3 heteroatoms. The molecule has 0 nitrogen and oxygen atoms in total. The van der Waals surface area contributed by atoms with E-state index in [0.29, 0.717) is 5.02 Å². The van der Waals surface area contributed by atoms with E-state index in [4.69, 9.17) is 23.2 Å². The van der Waals surface area contributed by atoms with Gasteiger partial charge in [0.1, 0.15) is 0 Å². The van der Waals surface area contributed by atoms with Gasteiger partial charge in [-0.15, -0.1) is 11.6 Å². The first kappa shape index (κ1) is 14.9. The van der Waals surface area contributed by atoms with Crippen molar-refractivity contribution in [1.29, 1.82) is 0 Å². The van der Waals surface area contributed by atoms with E-state index in [9.17, 15) is 0 Å². The van der Waals surface area contributed by atoms with E-state index in [1.165, 1.54) is 16.3 Å². The summed E-state index contributed by atoms with van der Waals surface area (Å²) in [5, 5.41) is 2.76. The van der Waals surface area contributed by atoms with Crippen LogP contribution in [0.2, 0.25) is 5.02 Å². The lowest BCUT2D eigenvalue weighted by Crippen LogP contribution is -1.99. The van der Waals surface area contributed by atoms with Crippen LogP contribution in [0, 0.1) is 6.92 Å². The number of benzene rings is 3. The average molecular weight is 380 g/mol. The Morgan fingerprint density at radius 3 is 2.52 bits per heavy atom. The molecule has 21 heavy (non-hydrogen) atoms. The summed E-state index contributed by atoms with van der Waals surface area (Å²) in [7, 11) is 0. The van der Waals surface area contributed by atoms with Crippen molar-refractivity contribution in [2.75, 3.05) is 0 Å². The Labute approximate surface area is 142 Å². The molecule has 0 saturated carbocycles. The van der Waals surface area contributed by atoms with Gasteiger partial charge in [-0.3, -0.25) is 0 Å². The SMILES string of the molecule is Cc1ccc2ccccc2c1C(Cl)c1cccc(Br)c1Cl. The summed E-state index contributed by atoms with van der Waals surface area (Å²) >= 11 is 16.7. The van der Waals surface area contributed by atoms with Gasteiger partial charge < -0.3 is 0 Å². The first-order valence-electron chi connectivity index (χ1n) is 6.66. The maximum Gasteiger partial charge on any atom is 0.0858 e. The van der Waals surface area contributed by atoms with Crippen LogP contribution in [0.1, 0.15) is 22.1 Å². The molecule has 1 unspecified atom stereocenters. The molecule has 0 N–H and O–H groups in total. The normalized spacial score (nSPS) is 12.6. The molecular formula is C18H13BrCl2. The molecule has 3 rings (SSSR count). The molecule has 0 amide bonds. The van der Waals surface area contributed by atoms with Crippen LogP contribution < -0.4 is 0 Å². The van der Waals surface area contributed by atoms with Crippen molar-refractivity contribution in [2.24, 2.45) is 0 Å². The molecule has 0 aliphatic heterocycles. The van der Waals surface area contributed by atoms with Crippen molar-refractivity contribution in [3.63, 3.8) is 0 Å². The van der Waals surface area contributed by atoms with Gasteiger partial charge in [0.05, 0.1) is 10.4 Å². The Kier molecular flexibility index (Phi) is 4.26. The molecule has 0 heterocycles. The quantitative estimate of drug-likeness (QED) is 0.425. The smallest absolute Gasteiger partial charge is 0.0858 e. The first-order chi connectivity index (χ1) is 10.1. The molecule has 3 aromatic rings. The Hall–Kier alpha value is -1.02. The van der Waals surface area contributed by atoms with Crippen molar-refractivity contribution in [3.05, 3.63) is 80.8 Å². The van der Waals surface area contributed by atoms with Crippen molar-refractivity contribution >= 4 is 49.9 Å². The van der Waals surface area contributed by atoms with E-state index in [1.807, 2.05) is 30.3 Å². The fourth-order valence-electron chi connectivity index (χ4n) is 2.61. The van der Waals surface area contributed by atoms with Crippen molar-refractivity contribution < 1.29 is 0 Å². The van der Waals surface area contributed by atoms with Crippen LogP contribution >= 0.6 is 39.1 Å². The summed E-state index contributed by atoms with van der Waals surface area (Å²) in [4.78, 5) is 0. The minimum absolute atomic E-state index is 0.277. The predicted molar refractivity (Wildman–Crippen MR) is 95.5 cm³/mol. The number of halogens is 3. The van der Waals surface area contributed by atoms with Gasteiger partial charge in [-0.1, -0.05) is 60.1 Å². The predicted octanol–water partition coefficient (Wildman–Crippen LogP) is 6.89. The molecule has 1 atom stereocenters. The third kappa shape index (κ3) is 2.70. The maximum absolute atomic E-state index is 6.79. The van der Waals surface area contributed by atoms with Gasteiger partial charge in [-0.25, -0.2) is 0 Å². The van der Waals surface area contributed by atoms with Gasteiger partial charge in [-0.05, 0) is 56.4 Å². The highest BCUT2D eigenvalue weighted by atomic mass is 79.9. The maximum atomic E-state index is 6.79. The monoisotopic (exact) mass is 378 g/mol. The lowest BCUT2D eigenvalue weighted by atomic mass is 9.94. The Balaban J connectivity index is 2.24. The van der Waals surface area contributed by atoms with E-state index in [1.54, 1.807) is 0 Å². The third-order valence-electron chi connectivity index (χ3n) is 3.70. The molecule has 0 fully saturated rings. The van der Waals surface area contributed by atoms with E-state index >= 15 is 0 Å². The number of fused-ring (bicyclic) bond motifs is 1. The Bertz CT molecular complexity index is 811. The first-order valence-corrected chi connectivity index (χ1v) is 8.26. The highest BCUT2D eigenvalue weighted by Gasteiger charge is 2.19. The summed E-state index contributed by atoms with van der Waals surface area (Å²) < 4.78 is 0.866. The zero-order chi connectivity index (χ0) is 15.0. The minimum atomic E-state index is -0.277. The molecule has 0 radical (unpaired) electrons. The Morgan fingerprint density at radius 2 is 1.71 bits per heavy atom. The Morgan fingerprint density at radius 1 is 0.952 bits per heavy atom. The van der Waals surface area contributed by atoms with Crippen LogP contribution in [0.25, 0.3) is 10.8 Å². The molecule has 0 bridgehead atoms. The molecule has 0 spiro atoms. The fraction of sp³-hybridized carbons (Fsp3) is 0.111. The third-order valence-corrected chi connectivity index (χ3v) is 5.46. The van der Waals surface area contributed by atoms with Gasteiger partial charge in [-0.2, -0.15) is 0 Å². The van der Waals surface area contributed by atoms with Gasteiger partial charge in [0.2, 0.25) is 0 Å². The van der Waals surface area contributed by atoms with E-state index < -0.39 is 0 Å². The van der Waals surface area contributed by atoms with E-state index in [2.05, 4.69) is 47.1 Å². The van der Waals surface area contributed by atoms with Crippen LogP contribution in [0.5, 0.6) is 0 Å². The van der Waals surface area contributed by atoms with Crippen molar-refractivity contribution in [1.82, 2.24) is 0 Å². The minimum Gasteiger partial charge on any atom is -0.112 e. The zero-order valence-corrected chi connectivity index (χ0v) is 14.5. The van der Waals surface area contributed by atoms with Crippen LogP contribution in [0.4, 0.5) is 0 Å². The van der Waals surface area contributed by atoms with Gasteiger partial charge in [0, 0.05) is 4.47 Å². The second-order valence-electron chi connectivity index (χ2n) is 5.02. The van der Waals surface area contributed by atoms with Crippen LogP contribution in [-0.2, 0) is 0 Å². The van der Waals surface area contributed by atoms with Crippen LogP contribution in [0.3, 0.4) is 0 Å². The topological polar surface area (TPSA) is 0 Å². The number of alkyl halides is 1. The summed E-state index contributed by atoms with van der Waals surface area (Å²) in [5.41, 5.74) is 3.21. The molecule has 3 aromatic carbocycles. The number of aryl methyl sites for hydroxylation is 1. The second-order valence-corrected chi connectivity index (χ2v) is 6.69. The number of rotatable bonds is 2. The number of hydrogen-bond acceptors (Lipinski definition) is 0. The molecular weight excluding hydrogens is 367 g/mol. The fourth-order valence-corrected chi connectivity index (χ4v) is 3.76. The van der Waals surface area contributed by atoms with Crippen molar-refractivity contribution in [2.45, 2.75) is 12.3 Å². The molecule has 106 valence electrons. The molecule has 0 aliphatic rings. The summed E-state index contributed by atoms with van der Waals surface area (Å²) in [6.45, 7) is 2.09. The van der Waals surface area contributed by atoms with E-state index in [-0.39, 0.29) is 5.38 Å². The lowest BCUT2D eigenvalue weighted by Gasteiger charge is -2.18. The highest BCUT2D eigenvalue weighted by Crippen LogP contribution is 2.40. The van der Waals surface area contributed by atoms with Crippen LogP contribution in [-0.4, -0.2) is 0 Å². The zero-order valence-electron chi connectivity index (χ0n) is 11.4. The largest absolute Gasteiger partial charge is 0.112 e. The summed E-state index contributed by atoms with van der Waals surface area (Å²) in [5.74, 6) is 0. The summed E-state index contributed by atoms with van der Waals surface area (Å²) in [6, 6.07) is 18.4. The lowest BCUT2D eigenvalue weighted by molar-refractivity contribution is 1.13. The molecule has 0 saturated heterocycles.